The van der Waals surface area contributed by atoms with E-state index in [-0.39, 0.29) is 24.2 Å². The van der Waals surface area contributed by atoms with Crippen LogP contribution in [0.4, 0.5) is 0 Å². The number of aromatic nitrogens is 1. The van der Waals surface area contributed by atoms with Gasteiger partial charge in [0.25, 0.3) is 0 Å². The van der Waals surface area contributed by atoms with E-state index in [0.29, 0.717) is 48.7 Å². The van der Waals surface area contributed by atoms with Crippen LogP contribution in [0.2, 0.25) is 0 Å². The number of carbonyl (C=O) groups is 3. The molecule has 1 amide bonds. The number of carbonyl (C=O) groups excluding carboxylic acids is 3. The molecule has 0 saturated heterocycles. The van der Waals surface area contributed by atoms with Crippen molar-refractivity contribution in [3.05, 3.63) is 22.5 Å². The monoisotopic (exact) mass is 408 g/mol. The summed E-state index contributed by atoms with van der Waals surface area (Å²) < 4.78 is 12.2. The summed E-state index contributed by atoms with van der Waals surface area (Å²) in [6.45, 7) is 14.5. The van der Waals surface area contributed by atoms with Gasteiger partial charge < -0.3 is 18.9 Å². The highest BCUT2D eigenvalue weighted by molar-refractivity contribution is 6.06. The van der Waals surface area contributed by atoms with E-state index >= 15 is 0 Å². The topological polar surface area (TPSA) is 77.8 Å². The van der Waals surface area contributed by atoms with Gasteiger partial charge in [0.05, 0.1) is 12.6 Å². The summed E-state index contributed by atoms with van der Waals surface area (Å²) in [5.74, 6) is -0.907. The van der Waals surface area contributed by atoms with Crippen LogP contribution in [0, 0.1) is 19.8 Å². The van der Waals surface area contributed by atoms with Gasteiger partial charge in [0, 0.05) is 44.0 Å². The second-order valence-corrected chi connectivity index (χ2v) is 7.49. The number of hydrogen-bond acceptors (Lipinski definition) is 5. The number of nitrogens with zero attached hydrogens (tertiary/aromatic N) is 2. The summed E-state index contributed by atoms with van der Waals surface area (Å²) in [4.78, 5) is 40.1. The Hall–Kier alpha value is -2.15. The molecule has 1 rings (SSSR count). The molecular weight excluding hydrogens is 372 g/mol. The first-order valence-corrected chi connectivity index (χ1v) is 10.3. The lowest BCUT2D eigenvalue weighted by Crippen LogP contribution is -2.46. The Morgan fingerprint density at radius 3 is 2.21 bits per heavy atom. The van der Waals surface area contributed by atoms with Crippen LogP contribution in [-0.2, 0) is 21.3 Å². The van der Waals surface area contributed by atoms with Crippen LogP contribution in [0.1, 0.15) is 73.1 Å². The molecule has 0 saturated carbocycles. The number of hydrogen-bond donors (Lipinski definition) is 0. The number of esters is 1. The first-order valence-electron chi connectivity index (χ1n) is 10.3. The molecule has 7 heteroatoms. The zero-order valence-corrected chi connectivity index (χ0v) is 19.1. The van der Waals surface area contributed by atoms with Crippen molar-refractivity contribution < 1.29 is 23.9 Å². The quantitative estimate of drug-likeness (QED) is 0.319. The first kappa shape index (κ1) is 24.9. The maximum atomic E-state index is 13.4. The Morgan fingerprint density at radius 1 is 1.07 bits per heavy atom. The normalized spacial score (nSPS) is 12.2. The first-order chi connectivity index (χ1) is 13.6. The van der Waals surface area contributed by atoms with Crippen molar-refractivity contribution in [2.75, 3.05) is 26.4 Å². The zero-order chi connectivity index (χ0) is 22.3. The lowest BCUT2D eigenvalue weighted by atomic mass is 9.98. The molecule has 7 nitrogen and oxygen atoms in total. The molecule has 0 aliphatic heterocycles. The average molecular weight is 409 g/mol. The van der Waals surface area contributed by atoms with Crippen molar-refractivity contribution in [3.63, 3.8) is 0 Å². The third-order valence-electron chi connectivity index (χ3n) is 5.16. The molecule has 0 N–H and O–H groups in total. The molecule has 1 heterocycles. The fourth-order valence-electron chi connectivity index (χ4n) is 3.49. The van der Waals surface area contributed by atoms with Crippen LogP contribution in [0.25, 0.3) is 0 Å². The van der Waals surface area contributed by atoms with Crippen LogP contribution < -0.4 is 0 Å². The molecule has 0 fully saturated rings. The van der Waals surface area contributed by atoms with E-state index in [1.807, 2.05) is 20.8 Å². The number of ketones is 1. The molecule has 0 aliphatic carbocycles. The number of amides is 1. The average Bonchev–Trinajstić information content (AvgIpc) is 2.89. The van der Waals surface area contributed by atoms with E-state index in [1.165, 1.54) is 0 Å². The maximum absolute atomic E-state index is 13.4. The SMILES string of the molecule is CCOCCCN(C(=O)C(C)C)C(C)C(=O)c1c(C)c(C(=O)OCC)n(C)c1C. The van der Waals surface area contributed by atoms with Gasteiger partial charge in [0.15, 0.2) is 5.78 Å². The van der Waals surface area contributed by atoms with E-state index in [0.717, 1.165) is 0 Å². The van der Waals surface area contributed by atoms with Gasteiger partial charge in [-0.1, -0.05) is 13.8 Å². The van der Waals surface area contributed by atoms with Crippen LogP contribution in [-0.4, -0.2) is 59.5 Å². The molecule has 0 aliphatic rings. The van der Waals surface area contributed by atoms with Gasteiger partial charge in [-0.15, -0.1) is 0 Å². The Labute approximate surface area is 174 Å². The molecule has 164 valence electrons. The highest BCUT2D eigenvalue weighted by atomic mass is 16.5. The summed E-state index contributed by atoms with van der Waals surface area (Å²) in [5.41, 5.74) is 2.13. The van der Waals surface area contributed by atoms with Crippen LogP contribution in [0.15, 0.2) is 0 Å². The zero-order valence-electron chi connectivity index (χ0n) is 19.1. The molecule has 1 aromatic rings. The van der Waals surface area contributed by atoms with Gasteiger partial charge in [-0.25, -0.2) is 4.79 Å². The van der Waals surface area contributed by atoms with E-state index in [1.54, 1.807) is 44.2 Å². The third kappa shape index (κ3) is 5.69. The number of rotatable bonds is 11. The molecule has 0 radical (unpaired) electrons. The second kappa shape index (κ2) is 11.1. The Bertz CT molecular complexity index is 736. The molecule has 1 aromatic heterocycles. The van der Waals surface area contributed by atoms with Gasteiger partial charge in [0.1, 0.15) is 5.69 Å². The van der Waals surface area contributed by atoms with Crippen LogP contribution in [0.3, 0.4) is 0 Å². The number of ether oxygens (including phenoxy) is 2. The van der Waals surface area contributed by atoms with E-state index in [9.17, 15) is 14.4 Å². The van der Waals surface area contributed by atoms with Crippen LogP contribution >= 0.6 is 0 Å². The lowest BCUT2D eigenvalue weighted by Gasteiger charge is -2.30. The summed E-state index contributed by atoms with van der Waals surface area (Å²) in [5, 5.41) is 0. The van der Waals surface area contributed by atoms with Gasteiger partial charge >= 0.3 is 5.97 Å². The van der Waals surface area contributed by atoms with Gasteiger partial charge in [-0.05, 0) is 46.6 Å². The predicted octanol–water partition coefficient (Wildman–Crippen LogP) is 3.30. The van der Waals surface area contributed by atoms with Crippen molar-refractivity contribution in [3.8, 4) is 0 Å². The maximum Gasteiger partial charge on any atom is 0.355 e. The van der Waals surface area contributed by atoms with Crippen LogP contribution in [0.5, 0.6) is 0 Å². The summed E-state index contributed by atoms with van der Waals surface area (Å²) in [6, 6.07) is -0.638. The lowest BCUT2D eigenvalue weighted by molar-refractivity contribution is -0.135. The Kier molecular flexibility index (Phi) is 9.56. The number of Topliss-reactive ketones (excluding diaryl/α,β-unsaturated/α-hetero) is 1. The largest absolute Gasteiger partial charge is 0.461 e. The van der Waals surface area contributed by atoms with Crippen molar-refractivity contribution in [2.45, 2.75) is 60.9 Å². The van der Waals surface area contributed by atoms with Gasteiger partial charge in [0.2, 0.25) is 5.91 Å². The molecule has 1 unspecified atom stereocenters. The molecule has 0 aromatic carbocycles. The third-order valence-corrected chi connectivity index (χ3v) is 5.16. The molecule has 1 atom stereocenters. The Morgan fingerprint density at radius 2 is 1.69 bits per heavy atom. The predicted molar refractivity (Wildman–Crippen MR) is 112 cm³/mol. The fraction of sp³-hybridized carbons (Fsp3) is 0.682. The highest BCUT2D eigenvalue weighted by Crippen LogP contribution is 2.25. The fourth-order valence-corrected chi connectivity index (χ4v) is 3.49. The van der Waals surface area contributed by atoms with E-state index < -0.39 is 12.0 Å². The summed E-state index contributed by atoms with van der Waals surface area (Å²) >= 11 is 0. The van der Waals surface area contributed by atoms with Gasteiger partial charge in [-0.3, -0.25) is 9.59 Å². The standard InChI is InChI=1S/C22H36N2O5/c1-9-28-13-11-12-24(21(26)14(3)4)17(7)20(25)18-15(5)19(22(27)29-10-2)23(8)16(18)6/h14,17H,9-13H2,1-8H3. The van der Waals surface area contributed by atoms with E-state index in [4.69, 9.17) is 9.47 Å². The molecule has 0 bridgehead atoms. The minimum atomic E-state index is -0.638. The second-order valence-electron chi connectivity index (χ2n) is 7.49. The van der Waals surface area contributed by atoms with Crippen molar-refractivity contribution in [1.82, 2.24) is 9.47 Å². The summed E-state index contributed by atoms with van der Waals surface area (Å²) in [7, 11) is 1.75. The van der Waals surface area contributed by atoms with Crippen molar-refractivity contribution in [2.24, 2.45) is 13.0 Å². The summed E-state index contributed by atoms with van der Waals surface area (Å²) in [6.07, 6.45) is 0.657. The van der Waals surface area contributed by atoms with E-state index in [2.05, 4.69) is 0 Å². The smallest absolute Gasteiger partial charge is 0.355 e. The Balaban J connectivity index is 3.23. The molecule has 0 spiro atoms. The van der Waals surface area contributed by atoms with Crippen molar-refractivity contribution in [1.29, 1.82) is 0 Å². The molecule has 29 heavy (non-hydrogen) atoms. The highest BCUT2D eigenvalue weighted by Gasteiger charge is 2.32. The minimum Gasteiger partial charge on any atom is -0.461 e. The minimum absolute atomic E-state index is 0.0702. The van der Waals surface area contributed by atoms with Gasteiger partial charge in [-0.2, -0.15) is 0 Å². The van der Waals surface area contributed by atoms with Crippen molar-refractivity contribution >= 4 is 17.7 Å². The molecular formula is C22H36N2O5.